The van der Waals surface area contributed by atoms with Gasteiger partial charge in [0.1, 0.15) is 5.75 Å². The second-order valence-corrected chi connectivity index (χ2v) is 12.2. The summed E-state index contributed by atoms with van der Waals surface area (Å²) in [7, 11) is -8.66. The van der Waals surface area contributed by atoms with Crippen LogP contribution in [0.4, 0.5) is 0 Å². The van der Waals surface area contributed by atoms with Crippen molar-refractivity contribution in [2.75, 3.05) is 0 Å². The van der Waals surface area contributed by atoms with Gasteiger partial charge >= 0.3 is 15.2 Å². The lowest BCUT2D eigenvalue weighted by Crippen LogP contribution is -2.19. The molecular weight excluding hydrogens is 398 g/mol. The predicted octanol–water partition coefficient (Wildman–Crippen LogP) is 3.97. The first-order valence-corrected chi connectivity index (χ1v) is 12.0. The van der Waals surface area contributed by atoms with E-state index >= 15 is 0 Å². The summed E-state index contributed by atoms with van der Waals surface area (Å²) in [6, 6.07) is 10.2. The lowest BCUT2D eigenvalue weighted by molar-refractivity contribution is 0.384. The summed E-state index contributed by atoms with van der Waals surface area (Å²) in [5.74, 6) is 0.311. The van der Waals surface area contributed by atoms with Gasteiger partial charge < -0.3 is 19.2 Å². The highest BCUT2D eigenvalue weighted by atomic mass is 31.2. The Morgan fingerprint density at radius 1 is 0.750 bits per heavy atom. The third kappa shape index (κ3) is 5.34. The van der Waals surface area contributed by atoms with Gasteiger partial charge in [0, 0.05) is 5.56 Å². The molecule has 1 unspecified atom stereocenters. The monoisotopic (exact) mass is 426 g/mol. The molecule has 0 amide bonds. The van der Waals surface area contributed by atoms with E-state index in [1.807, 2.05) is 32.9 Å². The SMILES string of the molecule is CC(C)(C)c1ccc(OP(=O)(O)c2ccc(P(=O)(O)O)cc2)c(C(C)(C)C)c1. The predicted molar refractivity (Wildman–Crippen MR) is 112 cm³/mol. The van der Waals surface area contributed by atoms with Crippen LogP contribution < -0.4 is 15.1 Å². The Labute approximate surface area is 166 Å². The van der Waals surface area contributed by atoms with Crippen LogP contribution in [-0.2, 0) is 20.0 Å². The first-order valence-electron chi connectivity index (χ1n) is 8.86. The number of hydrogen-bond donors (Lipinski definition) is 3. The zero-order chi connectivity index (χ0) is 21.5. The van der Waals surface area contributed by atoms with Gasteiger partial charge in [0.25, 0.3) is 0 Å². The van der Waals surface area contributed by atoms with E-state index in [9.17, 15) is 23.8 Å². The van der Waals surface area contributed by atoms with E-state index in [-0.39, 0.29) is 21.4 Å². The Bertz CT molecular complexity index is 946. The standard InChI is InChI=1S/C20H28O6P2/c1-19(2,3)14-7-12-18(17(13-14)20(4,5)6)26-28(24,25)16-10-8-15(9-11-16)27(21,22)23/h7-13H,1-6H3,(H,24,25)(H2,21,22,23). The van der Waals surface area contributed by atoms with Crippen LogP contribution >= 0.6 is 15.2 Å². The smallest absolute Gasteiger partial charge is 0.408 e. The van der Waals surface area contributed by atoms with Crippen molar-refractivity contribution in [3.05, 3.63) is 53.6 Å². The van der Waals surface area contributed by atoms with E-state index < -0.39 is 15.2 Å². The minimum atomic E-state index is -4.42. The molecular formula is C20H28O6P2. The highest BCUT2D eigenvalue weighted by molar-refractivity contribution is 7.62. The van der Waals surface area contributed by atoms with E-state index in [2.05, 4.69) is 20.8 Å². The van der Waals surface area contributed by atoms with Gasteiger partial charge in [-0.3, -0.25) is 4.57 Å². The van der Waals surface area contributed by atoms with E-state index in [1.54, 1.807) is 6.07 Å². The fourth-order valence-electron chi connectivity index (χ4n) is 2.68. The second kappa shape index (κ2) is 7.44. The van der Waals surface area contributed by atoms with Crippen molar-refractivity contribution in [1.82, 2.24) is 0 Å². The molecule has 0 aliphatic heterocycles. The molecule has 2 aromatic carbocycles. The third-order valence-corrected chi connectivity index (χ3v) is 6.75. The van der Waals surface area contributed by atoms with Crippen LogP contribution in [0.3, 0.4) is 0 Å². The first-order chi connectivity index (χ1) is 12.5. The average Bonchev–Trinajstić information content (AvgIpc) is 2.52. The highest BCUT2D eigenvalue weighted by Crippen LogP contribution is 2.46. The van der Waals surface area contributed by atoms with Crippen LogP contribution in [0.2, 0.25) is 0 Å². The molecule has 0 fully saturated rings. The molecule has 2 rings (SSSR count). The molecule has 0 aromatic heterocycles. The molecule has 0 saturated heterocycles. The van der Waals surface area contributed by atoms with Crippen molar-refractivity contribution >= 4 is 25.8 Å². The molecule has 0 saturated carbocycles. The molecule has 154 valence electrons. The van der Waals surface area contributed by atoms with Crippen LogP contribution in [0, 0.1) is 0 Å². The molecule has 0 aliphatic rings. The Hall–Kier alpha value is -1.42. The van der Waals surface area contributed by atoms with Crippen molar-refractivity contribution in [2.45, 2.75) is 52.4 Å². The Morgan fingerprint density at radius 3 is 1.68 bits per heavy atom. The summed E-state index contributed by atoms with van der Waals surface area (Å²) >= 11 is 0. The van der Waals surface area contributed by atoms with E-state index in [0.29, 0.717) is 5.75 Å². The molecule has 6 nitrogen and oxygen atoms in total. The van der Waals surface area contributed by atoms with Crippen molar-refractivity contribution in [3.63, 3.8) is 0 Å². The van der Waals surface area contributed by atoms with Gasteiger partial charge in [-0.25, -0.2) is 4.57 Å². The van der Waals surface area contributed by atoms with Crippen LogP contribution in [0.15, 0.2) is 42.5 Å². The van der Waals surface area contributed by atoms with E-state index in [1.165, 1.54) is 12.1 Å². The van der Waals surface area contributed by atoms with Crippen LogP contribution in [0.5, 0.6) is 5.75 Å². The van der Waals surface area contributed by atoms with Gasteiger partial charge in [-0.2, -0.15) is 0 Å². The Balaban J connectivity index is 2.46. The molecule has 1 atom stereocenters. The van der Waals surface area contributed by atoms with Gasteiger partial charge in [-0.15, -0.1) is 0 Å². The minimum absolute atomic E-state index is 0.0375. The van der Waals surface area contributed by atoms with Crippen molar-refractivity contribution in [2.24, 2.45) is 0 Å². The number of hydrogen-bond acceptors (Lipinski definition) is 3. The number of benzene rings is 2. The van der Waals surface area contributed by atoms with Crippen molar-refractivity contribution in [1.29, 1.82) is 0 Å². The maximum Gasteiger partial charge on any atom is 0.408 e. The molecule has 3 N–H and O–H groups in total. The summed E-state index contributed by atoms with van der Waals surface area (Å²) in [5, 5.41) is -0.259. The summed E-state index contributed by atoms with van der Waals surface area (Å²) in [4.78, 5) is 28.9. The minimum Gasteiger partial charge on any atom is -0.421 e. The van der Waals surface area contributed by atoms with Gasteiger partial charge in [-0.1, -0.05) is 53.7 Å². The molecule has 0 aliphatic carbocycles. The fraction of sp³-hybridized carbons (Fsp3) is 0.400. The molecule has 0 bridgehead atoms. The summed E-state index contributed by atoms with van der Waals surface area (Å²) in [6.45, 7) is 12.3. The van der Waals surface area contributed by atoms with Crippen LogP contribution in [0.1, 0.15) is 52.7 Å². The zero-order valence-corrected chi connectivity index (χ0v) is 18.8. The van der Waals surface area contributed by atoms with Crippen molar-refractivity contribution in [3.8, 4) is 5.75 Å². The van der Waals surface area contributed by atoms with Crippen molar-refractivity contribution < 1.29 is 28.3 Å². The molecule has 8 heteroatoms. The van der Waals surface area contributed by atoms with Gasteiger partial charge in [0.15, 0.2) is 0 Å². The maximum atomic E-state index is 12.8. The quantitative estimate of drug-likeness (QED) is 0.639. The molecule has 0 radical (unpaired) electrons. The van der Waals surface area contributed by atoms with E-state index in [4.69, 9.17) is 4.52 Å². The summed E-state index contributed by atoms with van der Waals surface area (Å²) in [6.07, 6.45) is 0. The Kier molecular flexibility index (Phi) is 6.07. The summed E-state index contributed by atoms with van der Waals surface area (Å²) < 4.78 is 29.7. The highest BCUT2D eigenvalue weighted by Gasteiger charge is 2.30. The molecule has 0 heterocycles. The van der Waals surface area contributed by atoms with Crippen LogP contribution in [0.25, 0.3) is 0 Å². The topological polar surface area (TPSA) is 104 Å². The summed E-state index contributed by atoms with van der Waals surface area (Å²) in [5.41, 5.74) is 1.49. The third-order valence-electron chi connectivity index (χ3n) is 4.39. The molecule has 0 spiro atoms. The first kappa shape index (κ1) is 22.9. The average molecular weight is 426 g/mol. The molecule has 28 heavy (non-hydrogen) atoms. The lowest BCUT2D eigenvalue weighted by atomic mass is 9.80. The van der Waals surface area contributed by atoms with Gasteiger partial charge in [-0.05, 0) is 46.7 Å². The van der Waals surface area contributed by atoms with Gasteiger partial charge in [0.05, 0.1) is 10.6 Å². The largest absolute Gasteiger partial charge is 0.421 e. The van der Waals surface area contributed by atoms with Crippen LogP contribution in [-0.4, -0.2) is 14.7 Å². The second-order valence-electron chi connectivity index (χ2n) is 8.88. The fourth-order valence-corrected chi connectivity index (χ4v) is 4.28. The maximum absolute atomic E-state index is 12.8. The normalized spacial score (nSPS) is 15.2. The Morgan fingerprint density at radius 2 is 1.25 bits per heavy atom. The van der Waals surface area contributed by atoms with E-state index in [0.717, 1.165) is 23.3 Å². The van der Waals surface area contributed by atoms with Gasteiger partial charge in [0.2, 0.25) is 0 Å². The number of rotatable bonds is 4. The zero-order valence-electron chi connectivity index (χ0n) is 17.0. The lowest BCUT2D eigenvalue weighted by Gasteiger charge is -2.28. The molecule has 2 aromatic rings.